The zero-order valence-corrected chi connectivity index (χ0v) is 18.6. The fourth-order valence-corrected chi connectivity index (χ4v) is 4.08. The molecule has 0 aliphatic heterocycles. The summed E-state index contributed by atoms with van der Waals surface area (Å²) < 4.78 is 35.2. The van der Waals surface area contributed by atoms with Crippen LogP contribution in [0.3, 0.4) is 0 Å². The molecule has 4 aromatic rings. The van der Waals surface area contributed by atoms with Crippen molar-refractivity contribution in [2.24, 2.45) is 0 Å². The molecule has 33 heavy (non-hydrogen) atoms. The van der Waals surface area contributed by atoms with Crippen molar-refractivity contribution in [3.05, 3.63) is 78.4 Å². The maximum Gasteiger partial charge on any atom is 0.413 e. The van der Waals surface area contributed by atoms with Gasteiger partial charge in [-0.25, -0.2) is 9.78 Å². The van der Waals surface area contributed by atoms with Crippen LogP contribution in [0.5, 0.6) is 5.75 Å². The number of anilines is 2. The molecule has 1 amide bonds. The zero-order valence-electron chi connectivity index (χ0n) is 17.7. The molecule has 0 fully saturated rings. The number of methoxy groups -OCH3 is 1. The molecule has 0 aliphatic carbocycles. The summed E-state index contributed by atoms with van der Waals surface area (Å²) in [6, 6.07) is 21.0. The highest BCUT2D eigenvalue weighted by atomic mass is 32.2. The van der Waals surface area contributed by atoms with Crippen LogP contribution >= 0.6 is 0 Å². The molecule has 0 radical (unpaired) electrons. The van der Waals surface area contributed by atoms with Crippen molar-refractivity contribution >= 4 is 38.9 Å². The quantitative estimate of drug-likeness (QED) is 0.333. The number of aromatic nitrogens is 2. The molecule has 0 bridgehead atoms. The van der Waals surface area contributed by atoms with Gasteiger partial charge in [0.1, 0.15) is 10.6 Å². The van der Waals surface area contributed by atoms with Crippen LogP contribution in [0.15, 0.2) is 77.7 Å². The summed E-state index contributed by atoms with van der Waals surface area (Å²) >= 11 is 0. The number of nitrogens with zero attached hydrogens (tertiary/aromatic N) is 1. The molecule has 0 spiro atoms. The zero-order chi connectivity index (χ0) is 23.3. The van der Waals surface area contributed by atoms with Crippen LogP contribution < -0.4 is 14.8 Å². The van der Waals surface area contributed by atoms with Crippen LogP contribution in [0.25, 0.3) is 11.0 Å². The van der Waals surface area contributed by atoms with Gasteiger partial charge in [0, 0.05) is 18.3 Å². The molecular weight excluding hydrogens is 444 g/mol. The van der Waals surface area contributed by atoms with Gasteiger partial charge >= 0.3 is 16.2 Å². The number of amides is 1. The topological polar surface area (TPSA) is 122 Å². The Morgan fingerprint density at radius 3 is 2.52 bits per heavy atom. The Hall–Kier alpha value is -4.05. The molecule has 0 unspecified atom stereocenters. The molecule has 10 heteroatoms. The first-order valence-corrected chi connectivity index (χ1v) is 11.5. The van der Waals surface area contributed by atoms with Crippen molar-refractivity contribution in [2.45, 2.75) is 11.3 Å². The van der Waals surface area contributed by atoms with Gasteiger partial charge in [0.05, 0.1) is 18.1 Å². The molecule has 1 aromatic heterocycles. The van der Waals surface area contributed by atoms with Crippen molar-refractivity contribution in [1.82, 2.24) is 9.97 Å². The maximum absolute atomic E-state index is 12.7. The molecule has 0 aliphatic rings. The molecular formula is C23H22N4O5S. The summed E-state index contributed by atoms with van der Waals surface area (Å²) in [5, 5.41) is 5.69. The van der Waals surface area contributed by atoms with E-state index in [-0.39, 0.29) is 16.6 Å². The minimum absolute atomic E-state index is 0.0336. The van der Waals surface area contributed by atoms with E-state index in [0.717, 1.165) is 18.7 Å². The van der Waals surface area contributed by atoms with E-state index in [0.29, 0.717) is 11.0 Å². The van der Waals surface area contributed by atoms with Crippen molar-refractivity contribution in [3.8, 4) is 5.75 Å². The van der Waals surface area contributed by atoms with Gasteiger partial charge in [-0.05, 0) is 48.4 Å². The third kappa shape index (κ3) is 5.60. The molecule has 1 heterocycles. The van der Waals surface area contributed by atoms with E-state index < -0.39 is 16.2 Å². The normalized spacial score (nSPS) is 11.2. The summed E-state index contributed by atoms with van der Waals surface area (Å²) in [6.45, 7) is 0.725. The SMILES string of the molecule is COC(=O)Nc1nc2cc(OS(=O)(=O)c3ccc(NCCc4ccccc4)cc3)ccc2[nH]1. The van der Waals surface area contributed by atoms with Crippen molar-refractivity contribution in [2.75, 3.05) is 24.3 Å². The fraction of sp³-hybridized carbons (Fsp3) is 0.130. The fourth-order valence-electron chi connectivity index (χ4n) is 3.15. The number of carbonyl (C=O) groups excluding carboxylic acids is 1. The number of ether oxygens (including phenoxy) is 1. The molecule has 9 nitrogen and oxygen atoms in total. The number of rotatable bonds is 8. The number of carbonyl (C=O) groups is 1. The number of imidazole rings is 1. The second-order valence-electron chi connectivity index (χ2n) is 7.11. The van der Waals surface area contributed by atoms with E-state index in [2.05, 4.69) is 37.5 Å². The monoisotopic (exact) mass is 466 g/mol. The molecule has 3 N–H and O–H groups in total. The molecule has 170 valence electrons. The average Bonchev–Trinajstić information content (AvgIpc) is 3.21. The standard InChI is InChI=1S/C23H22N4O5S/c1-31-23(28)27-22-25-20-12-9-18(15-21(20)26-22)32-33(29,30)19-10-7-17(8-11-19)24-14-13-16-5-3-2-4-6-16/h2-12,15,24H,13-14H2,1H3,(H2,25,26,27,28). The lowest BCUT2D eigenvalue weighted by molar-refractivity contribution is 0.186. The van der Waals surface area contributed by atoms with Gasteiger partial charge in [-0.2, -0.15) is 8.42 Å². The van der Waals surface area contributed by atoms with Crippen molar-refractivity contribution < 1.29 is 22.1 Å². The molecule has 0 saturated carbocycles. The maximum atomic E-state index is 12.7. The van der Waals surface area contributed by atoms with Crippen LogP contribution in [-0.4, -0.2) is 38.1 Å². The summed E-state index contributed by atoms with van der Waals surface area (Å²) in [7, 11) is -2.80. The molecule has 0 atom stereocenters. The summed E-state index contributed by atoms with van der Waals surface area (Å²) in [5.41, 5.74) is 3.05. The van der Waals surface area contributed by atoms with E-state index in [4.69, 9.17) is 4.18 Å². The van der Waals surface area contributed by atoms with Gasteiger partial charge in [-0.1, -0.05) is 30.3 Å². The number of aromatic amines is 1. The highest BCUT2D eigenvalue weighted by Crippen LogP contribution is 2.24. The van der Waals surface area contributed by atoms with Gasteiger partial charge in [0.2, 0.25) is 5.95 Å². The predicted molar refractivity (Wildman–Crippen MR) is 125 cm³/mol. The van der Waals surface area contributed by atoms with Gasteiger partial charge < -0.3 is 19.2 Å². The van der Waals surface area contributed by atoms with Crippen LogP contribution in [0.4, 0.5) is 16.4 Å². The van der Waals surface area contributed by atoms with E-state index in [1.54, 1.807) is 18.2 Å². The first-order chi connectivity index (χ1) is 15.9. The van der Waals surface area contributed by atoms with Crippen molar-refractivity contribution in [3.63, 3.8) is 0 Å². The third-order valence-corrected chi connectivity index (χ3v) is 6.06. The number of fused-ring (bicyclic) bond motifs is 1. The first-order valence-electron chi connectivity index (χ1n) is 10.1. The minimum atomic E-state index is -4.03. The smallest absolute Gasteiger partial charge is 0.413 e. The second kappa shape index (κ2) is 9.61. The summed E-state index contributed by atoms with van der Waals surface area (Å²) in [4.78, 5) is 18.4. The third-order valence-electron chi connectivity index (χ3n) is 4.79. The first kappa shape index (κ1) is 22.2. The number of hydrogen-bond donors (Lipinski definition) is 3. The highest BCUT2D eigenvalue weighted by molar-refractivity contribution is 7.87. The van der Waals surface area contributed by atoms with E-state index >= 15 is 0 Å². The Morgan fingerprint density at radius 2 is 1.79 bits per heavy atom. The summed E-state index contributed by atoms with van der Waals surface area (Å²) in [5.74, 6) is 0.274. The largest absolute Gasteiger partial charge is 0.453 e. The Balaban J connectivity index is 1.40. The van der Waals surface area contributed by atoms with E-state index in [1.807, 2.05) is 18.2 Å². The van der Waals surface area contributed by atoms with Gasteiger partial charge in [0.15, 0.2) is 0 Å². The minimum Gasteiger partial charge on any atom is -0.453 e. The number of nitrogens with one attached hydrogen (secondary N) is 3. The van der Waals surface area contributed by atoms with E-state index in [1.165, 1.54) is 36.9 Å². The lowest BCUT2D eigenvalue weighted by Crippen LogP contribution is -2.11. The van der Waals surface area contributed by atoms with Crippen molar-refractivity contribution in [1.29, 1.82) is 0 Å². The molecule has 0 saturated heterocycles. The Kier molecular flexibility index (Phi) is 6.45. The Bertz CT molecular complexity index is 1350. The lowest BCUT2D eigenvalue weighted by Gasteiger charge is -2.09. The van der Waals surface area contributed by atoms with E-state index in [9.17, 15) is 13.2 Å². The van der Waals surface area contributed by atoms with Gasteiger partial charge in [-0.3, -0.25) is 5.32 Å². The second-order valence-corrected chi connectivity index (χ2v) is 8.65. The molecule has 3 aromatic carbocycles. The predicted octanol–water partition coefficient (Wildman–Crippen LogP) is 4.16. The van der Waals surface area contributed by atoms with Gasteiger partial charge in [0.25, 0.3) is 0 Å². The van der Waals surface area contributed by atoms with Crippen LogP contribution in [0, 0.1) is 0 Å². The summed E-state index contributed by atoms with van der Waals surface area (Å²) in [6.07, 6.45) is 0.183. The Labute approximate surface area is 190 Å². The van der Waals surface area contributed by atoms with Gasteiger partial charge in [-0.15, -0.1) is 0 Å². The molecule has 4 rings (SSSR count). The number of H-pyrrole nitrogens is 1. The van der Waals surface area contributed by atoms with Crippen LogP contribution in [0.1, 0.15) is 5.56 Å². The lowest BCUT2D eigenvalue weighted by atomic mass is 10.1. The highest BCUT2D eigenvalue weighted by Gasteiger charge is 2.17. The average molecular weight is 467 g/mol. The number of hydrogen-bond acceptors (Lipinski definition) is 7. The van der Waals surface area contributed by atoms with Crippen LogP contribution in [-0.2, 0) is 21.3 Å². The number of benzene rings is 3. The van der Waals surface area contributed by atoms with Crippen LogP contribution in [0.2, 0.25) is 0 Å². The Morgan fingerprint density at radius 1 is 1.03 bits per heavy atom.